The van der Waals surface area contributed by atoms with Crippen molar-refractivity contribution in [1.29, 1.82) is 0 Å². The van der Waals surface area contributed by atoms with E-state index in [-0.39, 0.29) is 5.69 Å². The molecule has 1 heterocycles. The monoisotopic (exact) mass is 262 g/mol. The Morgan fingerprint density at radius 3 is 2.47 bits per heavy atom. The number of hydrogen-bond donors (Lipinski definition) is 0. The van der Waals surface area contributed by atoms with E-state index >= 15 is 0 Å². The van der Waals surface area contributed by atoms with Crippen LogP contribution in [0, 0.1) is 0 Å². The summed E-state index contributed by atoms with van der Waals surface area (Å²) in [5, 5.41) is 14.8. The standard InChI is InChI=1S/C12H10N2O5/c1-7(15)10-12(17)19-13-14(10)9-5-3-8(4-6-9)11(16)18-2/h3-6H,1-2H3. The van der Waals surface area contributed by atoms with E-state index in [1.807, 2.05) is 0 Å². The number of benzene rings is 1. The summed E-state index contributed by atoms with van der Waals surface area (Å²) in [6, 6.07) is 6.05. The molecule has 0 aliphatic carbocycles. The van der Waals surface area contributed by atoms with Crippen LogP contribution in [0.25, 0.3) is 5.69 Å². The largest absolute Gasteiger partial charge is 0.539 e. The van der Waals surface area contributed by atoms with Crippen LogP contribution in [0.1, 0.15) is 27.8 Å². The zero-order valence-electron chi connectivity index (χ0n) is 10.2. The van der Waals surface area contributed by atoms with Gasteiger partial charge in [0.25, 0.3) is 0 Å². The highest BCUT2D eigenvalue weighted by atomic mass is 16.6. The topological polar surface area (TPSA) is 96.3 Å². The van der Waals surface area contributed by atoms with Gasteiger partial charge in [0.1, 0.15) is 0 Å². The number of hydrogen-bond acceptors (Lipinski definition) is 6. The third-order valence-corrected chi connectivity index (χ3v) is 2.48. The van der Waals surface area contributed by atoms with Gasteiger partial charge in [-0.3, -0.25) is 4.79 Å². The van der Waals surface area contributed by atoms with Crippen LogP contribution in [-0.4, -0.2) is 24.1 Å². The summed E-state index contributed by atoms with van der Waals surface area (Å²) < 4.78 is 10.1. The van der Waals surface area contributed by atoms with Gasteiger partial charge >= 0.3 is 11.7 Å². The fourth-order valence-electron chi connectivity index (χ4n) is 1.57. The molecule has 7 heteroatoms. The zero-order valence-corrected chi connectivity index (χ0v) is 10.2. The first kappa shape index (κ1) is 12.7. The van der Waals surface area contributed by atoms with E-state index in [9.17, 15) is 14.7 Å². The minimum Gasteiger partial charge on any atom is -0.539 e. The van der Waals surface area contributed by atoms with Crippen molar-refractivity contribution in [2.24, 2.45) is 0 Å². The molecule has 19 heavy (non-hydrogen) atoms. The summed E-state index contributed by atoms with van der Waals surface area (Å²) in [5.74, 6) is -1.74. The van der Waals surface area contributed by atoms with Crippen molar-refractivity contribution in [3.05, 3.63) is 35.5 Å². The molecule has 1 aromatic carbocycles. The predicted molar refractivity (Wildman–Crippen MR) is 58.8 cm³/mol. The maximum absolute atomic E-state index is 11.3. The molecule has 0 N–H and O–H groups in total. The van der Waals surface area contributed by atoms with E-state index in [0.717, 1.165) is 4.68 Å². The lowest BCUT2D eigenvalue weighted by Crippen LogP contribution is -2.38. The van der Waals surface area contributed by atoms with Crippen LogP contribution in [0.3, 0.4) is 0 Å². The summed E-state index contributed by atoms with van der Waals surface area (Å²) >= 11 is 0. The maximum Gasteiger partial charge on any atom is 0.337 e. The van der Waals surface area contributed by atoms with E-state index < -0.39 is 17.7 Å². The lowest BCUT2D eigenvalue weighted by molar-refractivity contribution is -0.672. The number of nitrogens with zero attached hydrogens (tertiary/aromatic N) is 2. The Hall–Kier alpha value is -2.70. The van der Waals surface area contributed by atoms with Crippen molar-refractivity contribution in [1.82, 2.24) is 5.27 Å². The smallest absolute Gasteiger partial charge is 0.337 e. The van der Waals surface area contributed by atoms with Gasteiger partial charge in [-0.05, 0) is 16.8 Å². The van der Waals surface area contributed by atoms with Gasteiger partial charge in [0, 0.05) is 19.1 Å². The van der Waals surface area contributed by atoms with Crippen molar-refractivity contribution in [3.8, 4) is 11.6 Å². The van der Waals surface area contributed by atoms with Gasteiger partial charge in [0.15, 0.2) is 5.95 Å². The molecule has 0 atom stereocenters. The van der Waals surface area contributed by atoms with E-state index in [4.69, 9.17) is 0 Å². The second-order valence-corrected chi connectivity index (χ2v) is 3.72. The Balaban J connectivity index is 2.43. The van der Waals surface area contributed by atoms with Crippen molar-refractivity contribution < 1.29 is 28.6 Å². The van der Waals surface area contributed by atoms with Gasteiger partial charge in [0.2, 0.25) is 11.5 Å². The average molecular weight is 262 g/mol. The van der Waals surface area contributed by atoms with Gasteiger partial charge in [-0.15, -0.1) is 0 Å². The molecule has 0 bridgehead atoms. The fourth-order valence-corrected chi connectivity index (χ4v) is 1.57. The quantitative estimate of drug-likeness (QED) is 0.439. The highest BCUT2D eigenvalue weighted by Crippen LogP contribution is 2.12. The van der Waals surface area contributed by atoms with Crippen molar-refractivity contribution in [2.45, 2.75) is 6.92 Å². The van der Waals surface area contributed by atoms with Crippen molar-refractivity contribution in [3.63, 3.8) is 0 Å². The molecule has 0 aliphatic heterocycles. The molecule has 1 aromatic heterocycles. The Morgan fingerprint density at radius 2 is 1.95 bits per heavy atom. The summed E-state index contributed by atoms with van der Waals surface area (Å²) in [6.07, 6.45) is 0. The Morgan fingerprint density at radius 1 is 1.32 bits per heavy atom. The van der Waals surface area contributed by atoms with Crippen LogP contribution < -0.4 is 9.79 Å². The number of carbonyl (C=O) groups excluding carboxylic acids is 2. The Bertz CT molecular complexity index is 630. The molecule has 2 rings (SSSR count). The minimum absolute atomic E-state index is 0.175. The average Bonchev–Trinajstić information content (AvgIpc) is 2.80. The molecule has 98 valence electrons. The Kier molecular flexibility index (Phi) is 3.28. The number of esters is 1. The Labute approximate surface area is 108 Å². The molecule has 7 nitrogen and oxygen atoms in total. The van der Waals surface area contributed by atoms with E-state index in [2.05, 4.69) is 14.5 Å². The molecule has 0 fully saturated rings. The lowest BCUT2D eigenvalue weighted by Gasteiger charge is -1.98. The molecule has 2 aromatic rings. The van der Waals surface area contributed by atoms with Crippen molar-refractivity contribution in [2.75, 3.05) is 7.11 Å². The van der Waals surface area contributed by atoms with Gasteiger partial charge < -0.3 is 14.4 Å². The molecule has 0 spiro atoms. The van der Waals surface area contributed by atoms with Crippen LogP contribution >= 0.6 is 0 Å². The molecular weight excluding hydrogens is 252 g/mol. The number of methoxy groups -OCH3 is 1. The molecule has 0 unspecified atom stereocenters. The number of ketones is 1. The molecular formula is C12H10N2O5. The third-order valence-electron chi connectivity index (χ3n) is 2.48. The molecule has 0 aliphatic rings. The number of rotatable bonds is 3. The third kappa shape index (κ3) is 2.30. The number of carbonyl (C=O) groups is 2. The van der Waals surface area contributed by atoms with E-state index in [1.165, 1.54) is 38.3 Å². The van der Waals surface area contributed by atoms with Gasteiger partial charge in [-0.1, -0.05) is 0 Å². The summed E-state index contributed by atoms with van der Waals surface area (Å²) in [4.78, 5) is 22.6. The van der Waals surface area contributed by atoms with Gasteiger partial charge in [0.05, 0.1) is 17.9 Å². The predicted octanol–water partition coefficient (Wildman–Crippen LogP) is 0.0141. The molecule has 0 amide bonds. The normalized spacial score (nSPS) is 10.2. The van der Waals surface area contributed by atoms with Crippen molar-refractivity contribution >= 4 is 11.8 Å². The number of ether oxygens (including phenoxy) is 1. The lowest BCUT2D eigenvalue weighted by atomic mass is 10.2. The van der Waals surface area contributed by atoms with E-state index in [0.29, 0.717) is 11.3 Å². The first-order valence-corrected chi connectivity index (χ1v) is 5.33. The SMILES string of the molecule is COC(=O)c1ccc(-[n+]2noc([O-])c2C(C)=O)cc1. The number of aromatic nitrogens is 2. The maximum atomic E-state index is 11.3. The van der Waals surface area contributed by atoms with Crippen LogP contribution in [0.2, 0.25) is 0 Å². The summed E-state index contributed by atoms with van der Waals surface area (Å²) in [5.41, 5.74) is 0.608. The van der Waals surface area contributed by atoms with Gasteiger partial charge in [-0.2, -0.15) is 0 Å². The van der Waals surface area contributed by atoms with Gasteiger partial charge in [-0.25, -0.2) is 4.79 Å². The molecule has 0 saturated carbocycles. The summed E-state index contributed by atoms with van der Waals surface area (Å²) in [6.45, 7) is 1.24. The highest BCUT2D eigenvalue weighted by molar-refractivity contribution is 5.92. The van der Waals surface area contributed by atoms with Crippen LogP contribution in [0.15, 0.2) is 28.8 Å². The first-order chi connectivity index (χ1) is 9.04. The second-order valence-electron chi connectivity index (χ2n) is 3.72. The zero-order chi connectivity index (χ0) is 14.0. The minimum atomic E-state index is -0.801. The fraction of sp³-hybridized carbons (Fsp3) is 0.167. The van der Waals surface area contributed by atoms with Crippen LogP contribution in [-0.2, 0) is 4.74 Å². The molecule has 0 saturated heterocycles. The number of Topliss-reactive ketones (excluding diaryl/α,β-unsaturated/α-hetero) is 1. The van der Waals surface area contributed by atoms with E-state index in [1.54, 1.807) is 0 Å². The molecule has 0 radical (unpaired) electrons. The van der Waals surface area contributed by atoms with Crippen LogP contribution in [0.5, 0.6) is 5.95 Å². The second kappa shape index (κ2) is 4.89. The van der Waals surface area contributed by atoms with Crippen LogP contribution in [0.4, 0.5) is 0 Å². The first-order valence-electron chi connectivity index (χ1n) is 5.33. The summed E-state index contributed by atoms with van der Waals surface area (Å²) in [7, 11) is 1.28. The highest BCUT2D eigenvalue weighted by Gasteiger charge is 2.24.